The number of hydrogen-bond donors (Lipinski definition) is 0. The zero-order valence-electron chi connectivity index (χ0n) is 15.7. The summed E-state index contributed by atoms with van der Waals surface area (Å²) >= 11 is 0. The summed E-state index contributed by atoms with van der Waals surface area (Å²) in [5.74, 6) is 3.11. The van der Waals surface area contributed by atoms with E-state index in [1.807, 2.05) is 45.3 Å². The maximum atomic E-state index is 8.42. The molecule has 112 valence electrons. The maximum Gasteiger partial charge on any atom is 0.402 e. The van der Waals surface area contributed by atoms with Crippen LogP contribution in [0.1, 0.15) is 27.7 Å². The van der Waals surface area contributed by atoms with E-state index in [4.69, 9.17) is 2.74 Å². The van der Waals surface area contributed by atoms with Crippen LogP contribution in [0.3, 0.4) is 0 Å². The van der Waals surface area contributed by atoms with Gasteiger partial charge in [0.15, 0.2) is 0 Å². The number of aromatic nitrogens is 1. The first-order valence-corrected chi connectivity index (χ1v) is 7.89. The second-order valence-corrected chi connectivity index (χ2v) is 6.21. The Balaban J connectivity index is 2.14. The molecule has 2 nitrogen and oxygen atoms in total. The van der Waals surface area contributed by atoms with E-state index in [1.54, 1.807) is 0 Å². The molecule has 0 saturated heterocycles. The maximum absolute atomic E-state index is 8.42. The van der Waals surface area contributed by atoms with E-state index in [-0.39, 0.29) is 12.8 Å². The molecule has 3 rings (SSSR count). The summed E-state index contributed by atoms with van der Waals surface area (Å²) < 4.78 is 18.9. The van der Waals surface area contributed by atoms with Crippen LogP contribution in [-0.4, -0.2) is 6.85 Å². The molecule has 0 bridgehead atoms. The standard InChI is InChI=1S/C19H24BN2/c1-15(2)13-16-10-12-21(4)19(14-16)22-18-8-6-5-7-17(18)9-11-20(22)3/h5-12,14-15H,13H2,1-4H3/q+1/i13D2. The Bertz CT molecular complexity index is 787. The quantitative estimate of drug-likeness (QED) is 0.612. The highest BCUT2D eigenvalue weighted by Crippen LogP contribution is 2.32. The summed E-state index contributed by atoms with van der Waals surface area (Å²) in [5, 5.41) is 0. The van der Waals surface area contributed by atoms with Crippen LogP contribution >= 0.6 is 0 Å². The van der Waals surface area contributed by atoms with Crippen molar-refractivity contribution in [2.45, 2.75) is 27.0 Å². The largest absolute Gasteiger partial charge is 0.402 e. The van der Waals surface area contributed by atoms with Crippen molar-refractivity contribution in [3.8, 4) is 0 Å². The summed E-state index contributed by atoms with van der Waals surface area (Å²) in [6.07, 6.45) is 2.77. The minimum atomic E-state index is -1.35. The lowest BCUT2D eigenvalue weighted by molar-refractivity contribution is -0.658. The molecule has 0 aliphatic carbocycles. The average molecular weight is 293 g/mol. The van der Waals surface area contributed by atoms with Gasteiger partial charge in [-0.15, -0.1) is 0 Å². The molecule has 0 saturated carbocycles. The normalized spacial score (nSPS) is 15.7. The Kier molecular flexibility index (Phi) is 3.41. The first-order valence-electron chi connectivity index (χ1n) is 8.89. The van der Waals surface area contributed by atoms with Crippen molar-refractivity contribution in [2.75, 3.05) is 4.81 Å². The summed E-state index contributed by atoms with van der Waals surface area (Å²) in [6.45, 7) is 6.23. The van der Waals surface area contributed by atoms with Crippen LogP contribution in [0, 0.1) is 5.92 Å². The number of nitrogens with zero attached hydrogens (tertiary/aromatic N) is 2. The summed E-state index contributed by atoms with van der Waals surface area (Å²) in [5.41, 5.74) is 3.07. The molecule has 1 aliphatic heterocycles. The number of aryl methyl sites for hydroxylation is 1. The Hall–Kier alpha value is -2.03. The van der Waals surface area contributed by atoms with Gasteiger partial charge in [-0.1, -0.05) is 44.1 Å². The van der Waals surface area contributed by atoms with E-state index in [1.165, 1.54) is 5.56 Å². The number of rotatable bonds is 3. The van der Waals surface area contributed by atoms with Gasteiger partial charge in [0.25, 0.3) is 5.82 Å². The van der Waals surface area contributed by atoms with E-state index in [2.05, 4.69) is 46.5 Å². The summed E-state index contributed by atoms with van der Waals surface area (Å²) in [6, 6.07) is 12.2. The van der Waals surface area contributed by atoms with Crippen LogP contribution in [0.2, 0.25) is 6.82 Å². The molecule has 0 amide bonds. The molecule has 1 aromatic carbocycles. The average Bonchev–Trinajstić information content (AvgIpc) is 2.55. The summed E-state index contributed by atoms with van der Waals surface area (Å²) in [7, 11) is 2.01. The van der Waals surface area contributed by atoms with Crippen LogP contribution in [-0.2, 0) is 13.4 Å². The molecule has 3 heteroatoms. The van der Waals surface area contributed by atoms with Crippen LogP contribution in [0.5, 0.6) is 0 Å². The number of anilines is 2. The van der Waals surface area contributed by atoms with E-state index in [0.717, 1.165) is 17.1 Å². The van der Waals surface area contributed by atoms with Crippen molar-refractivity contribution >= 4 is 24.4 Å². The highest BCUT2D eigenvalue weighted by atomic mass is 15.2. The second-order valence-electron chi connectivity index (χ2n) is 6.21. The molecule has 0 atom stereocenters. The van der Waals surface area contributed by atoms with Gasteiger partial charge in [-0.2, -0.15) is 0 Å². The SMILES string of the molecule is [2H]C([2H])(c1cc[n+](C)c(N2B(C)C=Cc3ccccc32)c1)C(C)C. The van der Waals surface area contributed by atoms with Crippen LogP contribution < -0.4 is 9.38 Å². The van der Waals surface area contributed by atoms with Gasteiger partial charge in [-0.3, -0.25) is 4.81 Å². The third-order valence-electron chi connectivity index (χ3n) is 3.98. The van der Waals surface area contributed by atoms with Gasteiger partial charge in [-0.05, 0) is 36.8 Å². The molecule has 2 heterocycles. The van der Waals surface area contributed by atoms with Gasteiger partial charge in [-0.25, -0.2) is 4.57 Å². The predicted molar refractivity (Wildman–Crippen MR) is 95.4 cm³/mol. The van der Waals surface area contributed by atoms with Gasteiger partial charge in [0.05, 0.1) is 13.2 Å². The molecular formula is C19H24BN2+. The second kappa shape index (κ2) is 6.00. The lowest BCUT2D eigenvalue weighted by Crippen LogP contribution is -2.43. The topological polar surface area (TPSA) is 7.12 Å². The number of benzene rings is 1. The zero-order chi connectivity index (χ0) is 17.5. The predicted octanol–water partition coefficient (Wildman–Crippen LogP) is 4.04. The van der Waals surface area contributed by atoms with Crippen LogP contribution in [0.4, 0.5) is 11.5 Å². The Morgan fingerprint density at radius 1 is 1.27 bits per heavy atom. The van der Waals surface area contributed by atoms with Crippen molar-refractivity contribution in [2.24, 2.45) is 13.0 Å². The van der Waals surface area contributed by atoms with Crippen molar-refractivity contribution in [3.05, 3.63) is 59.7 Å². The van der Waals surface area contributed by atoms with Crippen molar-refractivity contribution in [1.29, 1.82) is 0 Å². The molecule has 0 radical (unpaired) electrons. The highest BCUT2D eigenvalue weighted by molar-refractivity contribution is 6.69. The molecule has 22 heavy (non-hydrogen) atoms. The molecule has 1 aliphatic rings. The molecule has 0 unspecified atom stereocenters. The number of para-hydroxylation sites is 1. The smallest absolute Gasteiger partial charge is 0.287 e. The van der Waals surface area contributed by atoms with E-state index < -0.39 is 6.37 Å². The van der Waals surface area contributed by atoms with Crippen LogP contribution in [0.15, 0.2) is 48.6 Å². The van der Waals surface area contributed by atoms with Gasteiger partial charge >= 0.3 is 6.85 Å². The Labute approximate surface area is 137 Å². The highest BCUT2D eigenvalue weighted by Gasteiger charge is 2.32. The van der Waals surface area contributed by atoms with E-state index in [9.17, 15) is 0 Å². The third kappa shape index (κ3) is 2.80. The van der Waals surface area contributed by atoms with E-state index >= 15 is 0 Å². The van der Waals surface area contributed by atoms with Crippen LogP contribution in [0.25, 0.3) is 6.08 Å². The Morgan fingerprint density at radius 2 is 2.05 bits per heavy atom. The fourth-order valence-corrected chi connectivity index (χ4v) is 2.95. The van der Waals surface area contributed by atoms with E-state index in [0.29, 0.717) is 0 Å². The molecule has 0 fully saturated rings. The first kappa shape index (κ1) is 12.5. The van der Waals surface area contributed by atoms with Gasteiger partial charge in [0.2, 0.25) is 0 Å². The first-order chi connectivity index (χ1) is 11.3. The lowest BCUT2D eigenvalue weighted by Gasteiger charge is -2.26. The zero-order valence-corrected chi connectivity index (χ0v) is 13.7. The fraction of sp³-hybridized carbons (Fsp3) is 0.316. The monoisotopic (exact) mass is 293 g/mol. The molecule has 0 spiro atoms. The minimum Gasteiger partial charge on any atom is -0.287 e. The van der Waals surface area contributed by atoms with Gasteiger partial charge in [0.1, 0.15) is 5.69 Å². The molecular weight excluding hydrogens is 267 g/mol. The van der Waals surface area contributed by atoms with Crippen molar-refractivity contribution < 1.29 is 7.31 Å². The van der Waals surface area contributed by atoms with Crippen molar-refractivity contribution in [3.63, 3.8) is 0 Å². The van der Waals surface area contributed by atoms with Crippen molar-refractivity contribution in [1.82, 2.24) is 0 Å². The minimum absolute atomic E-state index is 0.0796. The lowest BCUT2D eigenvalue weighted by atomic mass is 9.60. The molecule has 2 aromatic rings. The number of pyridine rings is 1. The Morgan fingerprint density at radius 3 is 2.82 bits per heavy atom. The number of fused-ring (bicyclic) bond motifs is 1. The van der Waals surface area contributed by atoms with Gasteiger partial charge < -0.3 is 0 Å². The third-order valence-corrected chi connectivity index (χ3v) is 3.98. The molecule has 1 aromatic heterocycles. The van der Waals surface area contributed by atoms with Gasteiger partial charge in [0, 0.05) is 14.4 Å². The fourth-order valence-electron chi connectivity index (χ4n) is 2.95. The summed E-state index contributed by atoms with van der Waals surface area (Å²) in [4.78, 5) is 2.27. The number of hydrogen-bond acceptors (Lipinski definition) is 1. The molecule has 0 N–H and O–H groups in total.